The first kappa shape index (κ1) is 11.5. The maximum absolute atomic E-state index is 9.03. The summed E-state index contributed by atoms with van der Waals surface area (Å²) in [6.07, 6.45) is 2.33. The molecule has 0 saturated heterocycles. The van der Waals surface area contributed by atoms with Gasteiger partial charge >= 0.3 is 0 Å². The van der Waals surface area contributed by atoms with Crippen LogP contribution in [0.3, 0.4) is 0 Å². The van der Waals surface area contributed by atoms with Gasteiger partial charge in [0.05, 0.1) is 6.61 Å². The highest BCUT2D eigenvalue weighted by Crippen LogP contribution is 2.20. The Morgan fingerprint density at radius 1 is 1.24 bits per heavy atom. The second-order valence-electron chi connectivity index (χ2n) is 3.61. The largest absolute Gasteiger partial charge is 0.439 e. The Morgan fingerprint density at radius 2 is 2.12 bits per heavy atom. The molecule has 1 aromatic carbocycles. The van der Waals surface area contributed by atoms with Gasteiger partial charge in [0.1, 0.15) is 12.1 Å². The first-order chi connectivity index (χ1) is 8.31. The van der Waals surface area contributed by atoms with Gasteiger partial charge in [0.2, 0.25) is 5.88 Å². The quantitative estimate of drug-likeness (QED) is 0.875. The molecule has 0 aliphatic rings. The summed E-state index contributed by atoms with van der Waals surface area (Å²) in [7, 11) is 0. The van der Waals surface area contributed by atoms with Gasteiger partial charge in [-0.3, -0.25) is 0 Å². The first-order valence-electron chi connectivity index (χ1n) is 5.50. The molecule has 2 aromatic rings. The highest BCUT2D eigenvalue weighted by Gasteiger charge is 2.01. The highest BCUT2D eigenvalue weighted by atomic mass is 16.5. The molecule has 0 radical (unpaired) electrons. The van der Waals surface area contributed by atoms with Gasteiger partial charge in [-0.25, -0.2) is 9.97 Å². The number of aliphatic hydroxyl groups is 1. The number of rotatable bonds is 4. The average molecular weight is 230 g/mol. The van der Waals surface area contributed by atoms with Crippen molar-refractivity contribution in [2.45, 2.75) is 20.0 Å². The van der Waals surface area contributed by atoms with Crippen molar-refractivity contribution in [2.24, 2.45) is 0 Å². The lowest BCUT2D eigenvalue weighted by molar-refractivity contribution is 0.281. The van der Waals surface area contributed by atoms with E-state index in [2.05, 4.69) is 9.97 Å². The zero-order valence-corrected chi connectivity index (χ0v) is 9.63. The van der Waals surface area contributed by atoms with E-state index in [-0.39, 0.29) is 6.61 Å². The Bertz CT molecular complexity index is 455. The van der Waals surface area contributed by atoms with Crippen LogP contribution in [0, 0.1) is 0 Å². The second kappa shape index (κ2) is 5.41. The molecule has 0 fully saturated rings. The summed E-state index contributed by atoms with van der Waals surface area (Å²) >= 11 is 0. The molecule has 0 aliphatic heterocycles. The molecule has 0 saturated carbocycles. The average Bonchev–Trinajstić information content (AvgIpc) is 2.39. The lowest BCUT2D eigenvalue weighted by Crippen LogP contribution is -1.93. The van der Waals surface area contributed by atoms with Gasteiger partial charge in [-0.2, -0.15) is 0 Å². The van der Waals surface area contributed by atoms with E-state index in [0.717, 1.165) is 17.7 Å². The Hall–Kier alpha value is -1.94. The van der Waals surface area contributed by atoms with Crippen molar-refractivity contribution in [3.63, 3.8) is 0 Å². The Morgan fingerprint density at radius 3 is 2.88 bits per heavy atom. The standard InChI is InChI=1S/C13H14N2O2/c1-2-11-7-13(15-9-14-11)17-12-5-3-4-10(6-12)8-16/h3-7,9,16H,2,8H2,1H3. The van der Waals surface area contributed by atoms with Crippen molar-refractivity contribution < 1.29 is 9.84 Å². The van der Waals surface area contributed by atoms with E-state index in [1.165, 1.54) is 6.33 Å². The smallest absolute Gasteiger partial charge is 0.222 e. The molecule has 0 bridgehead atoms. The molecule has 1 heterocycles. The number of hydrogen-bond acceptors (Lipinski definition) is 4. The summed E-state index contributed by atoms with van der Waals surface area (Å²) in [5.41, 5.74) is 1.75. The third-order valence-corrected chi connectivity index (χ3v) is 2.36. The van der Waals surface area contributed by atoms with Crippen molar-refractivity contribution in [3.8, 4) is 11.6 Å². The zero-order chi connectivity index (χ0) is 12.1. The molecule has 0 unspecified atom stereocenters. The summed E-state index contributed by atoms with van der Waals surface area (Å²) in [6.45, 7) is 2.03. The van der Waals surface area contributed by atoms with Crippen LogP contribution in [-0.2, 0) is 13.0 Å². The van der Waals surface area contributed by atoms with Crippen molar-refractivity contribution in [2.75, 3.05) is 0 Å². The van der Waals surface area contributed by atoms with Crippen LogP contribution >= 0.6 is 0 Å². The summed E-state index contributed by atoms with van der Waals surface area (Å²) in [4.78, 5) is 8.14. The van der Waals surface area contributed by atoms with Gasteiger partial charge in [0.15, 0.2) is 0 Å². The molecular weight excluding hydrogens is 216 g/mol. The van der Waals surface area contributed by atoms with Crippen LogP contribution in [0.2, 0.25) is 0 Å². The van der Waals surface area contributed by atoms with Crippen molar-refractivity contribution in [1.29, 1.82) is 0 Å². The zero-order valence-electron chi connectivity index (χ0n) is 9.63. The topological polar surface area (TPSA) is 55.2 Å². The van der Waals surface area contributed by atoms with Gasteiger partial charge in [-0.1, -0.05) is 19.1 Å². The van der Waals surface area contributed by atoms with Crippen LogP contribution < -0.4 is 4.74 Å². The minimum atomic E-state index is 0.00117. The maximum atomic E-state index is 9.03. The third-order valence-electron chi connectivity index (χ3n) is 2.36. The van der Waals surface area contributed by atoms with Crippen LogP contribution in [-0.4, -0.2) is 15.1 Å². The molecule has 1 aromatic heterocycles. The van der Waals surface area contributed by atoms with E-state index in [1.54, 1.807) is 6.07 Å². The van der Waals surface area contributed by atoms with E-state index in [9.17, 15) is 0 Å². The molecule has 2 rings (SSSR count). The van der Waals surface area contributed by atoms with Crippen LogP contribution in [0.4, 0.5) is 0 Å². The predicted molar refractivity (Wildman–Crippen MR) is 63.8 cm³/mol. The van der Waals surface area contributed by atoms with E-state index >= 15 is 0 Å². The van der Waals surface area contributed by atoms with Gasteiger partial charge in [0.25, 0.3) is 0 Å². The van der Waals surface area contributed by atoms with Gasteiger partial charge < -0.3 is 9.84 Å². The molecule has 0 spiro atoms. The normalized spacial score (nSPS) is 10.2. The number of hydrogen-bond donors (Lipinski definition) is 1. The maximum Gasteiger partial charge on any atom is 0.222 e. The lowest BCUT2D eigenvalue weighted by Gasteiger charge is -2.06. The molecular formula is C13H14N2O2. The molecule has 1 N–H and O–H groups in total. The fraction of sp³-hybridized carbons (Fsp3) is 0.231. The van der Waals surface area contributed by atoms with Crippen molar-refractivity contribution in [1.82, 2.24) is 9.97 Å². The molecule has 88 valence electrons. The predicted octanol–water partition coefficient (Wildman–Crippen LogP) is 2.32. The molecule has 4 nitrogen and oxygen atoms in total. The van der Waals surface area contributed by atoms with Gasteiger partial charge in [-0.15, -0.1) is 0 Å². The Kier molecular flexibility index (Phi) is 3.67. The fourth-order valence-corrected chi connectivity index (χ4v) is 1.45. The van der Waals surface area contributed by atoms with Gasteiger partial charge in [0, 0.05) is 11.8 Å². The van der Waals surface area contributed by atoms with Crippen molar-refractivity contribution >= 4 is 0 Å². The van der Waals surface area contributed by atoms with Crippen LogP contribution in [0.1, 0.15) is 18.2 Å². The minimum absolute atomic E-state index is 0.00117. The van der Waals surface area contributed by atoms with Crippen LogP contribution in [0.15, 0.2) is 36.7 Å². The lowest BCUT2D eigenvalue weighted by atomic mass is 10.2. The SMILES string of the molecule is CCc1cc(Oc2cccc(CO)c2)ncn1. The van der Waals surface area contributed by atoms with Gasteiger partial charge in [-0.05, 0) is 24.1 Å². The van der Waals surface area contributed by atoms with Crippen LogP contribution in [0.5, 0.6) is 11.6 Å². The number of nitrogens with zero attached hydrogens (tertiary/aromatic N) is 2. The number of aromatic nitrogens is 2. The summed E-state index contributed by atoms with van der Waals surface area (Å²) in [5.74, 6) is 1.18. The monoisotopic (exact) mass is 230 g/mol. The van der Waals surface area contributed by atoms with Crippen molar-refractivity contribution in [3.05, 3.63) is 47.9 Å². The second-order valence-corrected chi connectivity index (χ2v) is 3.61. The molecule has 0 aliphatic carbocycles. The van der Waals surface area contributed by atoms with E-state index in [4.69, 9.17) is 9.84 Å². The summed E-state index contributed by atoms with van der Waals surface area (Å²) < 4.78 is 5.60. The van der Waals surface area contributed by atoms with Crippen LogP contribution in [0.25, 0.3) is 0 Å². The van der Waals surface area contributed by atoms with E-state index in [1.807, 2.05) is 31.2 Å². The number of benzene rings is 1. The first-order valence-corrected chi connectivity index (χ1v) is 5.50. The number of ether oxygens (including phenoxy) is 1. The van der Waals surface area contributed by atoms with E-state index in [0.29, 0.717) is 11.6 Å². The molecule has 17 heavy (non-hydrogen) atoms. The summed E-state index contributed by atoms with van der Waals surface area (Å²) in [5, 5.41) is 9.03. The fourth-order valence-electron chi connectivity index (χ4n) is 1.45. The third kappa shape index (κ3) is 3.01. The molecule has 0 atom stereocenters. The summed E-state index contributed by atoms with van der Waals surface area (Å²) in [6, 6.07) is 9.10. The Balaban J connectivity index is 2.18. The number of aryl methyl sites for hydroxylation is 1. The molecule has 0 amide bonds. The number of aliphatic hydroxyl groups excluding tert-OH is 1. The highest BCUT2D eigenvalue weighted by molar-refractivity contribution is 5.31. The molecule has 4 heteroatoms. The Labute approximate surface area is 99.9 Å². The minimum Gasteiger partial charge on any atom is -0.439 e. The van der Waals surface area contributed by atoms with E-state index < -0.39 is 0 Å².